The van der Waals surface area contributed by atoms with Gasteiger partial charge in [0.2, 0.25) is 10.0 Å². The van der Waals surface area contributed by atoms with E-state index < -0.39 is 27.5 Å². The zero-order valence-electron chi connectivity index (χ0n) is 12.1. The molecular formula is C14H19NO5S. The van der Waals surface area contributed by atoms with Crippen LogP contribution in [-0.4, -0.2) is 36.7 Å². The van der Waals surface area contributed by atoms with Gasteiger partial charge in [-0.05, 0) is 31.0 Å². The lowest BCUT2D eigenvalue weighted by Crippen LogP contribution is -2.61. The van der Waals surface area contributed by atoms with Crippen molar-refractivity contribution >= 4 is 16.0 Å². The third kappa shape index (κ3) is 2.81. The topological polar surface area (TPSA) is 104 Å². The highest BCUT2D eigenvalue weighted by Crippen LogP contribution is 2.41. The summed E-state index contributed by atoms with van der Waals surface area (Å²) in [6.07, 6.45) is -0.194. The fourth-order valence-corrected chi connectivity index (χ4v) is 4.05. The fourth-order valence-electron chi connectivity index (χ4n) is 2.38. The molecule has 1 fully saturated rings. The van der Waals surface area contributed by atoms with Crippen LogP contribution in [0.15, 0.2) is 23.1 Å². The van der Waals surface area contributed by atoms with E-state index >= 15 is 0 Å². The van der Waals surface area contributed by atoms with E-state index in [9.17, 15) is 18.3 Å². The summed E-state index contributed by atoms with van der Waals surface area (Å²) in [5.74, 6) is -1.18. The van der Waals surface area contributed by atoms with Crippen molar-refractivity contribution in [2.24, 2.45) is 5.41 Å². The average Bonchev–Trinajstić information content (AvgIpc) is 2.38. The second kappa shape index (κ2) is 5.08. The summed E-state index contributed by atoms with van der Waals surface area (Å²) < 4.78 is 27.4. The average molecular weight is 313 g/mol. The normalized spacial score (nSPS) is 24.4. The van der Waals surface area contributed by atoms with E-state index in [1.807, 2.05) is 0 Å². The molecule has 1 aliphatic rings. The third-order valence-electron chi connectivity index (χ3n) is 4.24. The van der Waals surface area contributed by atoms with Crippen molar-refractivity contribution in [3.05, 3.63) is 29.3 Å². The molecule has 2 unspecified atom stereocenters. The fraction of sp³-hybridized carbons (Fsp3) is 0.500. The molecule has 0 bridgehead atoms. The van der Waals surface area contributed by atoms with E-state index in [0.717, 1.165) is 6.07 Å². The Bertz CT molecular complexity index is 681. The Morgan fingerprint density at radius 1 is 1.38 bits per heavy atom. The summed E-state index contributed by atoms with van der Waals surface area (Å²) >= 11 is 0. The van der Waals surface area contributed by atoms with E-state index in [1.165, 1.54) is 12.1 Å². The number of hydrogen-bond donors (Lipinski definition) is 3. The molecule has 0 amide bonds. The van der Waals surface area contributed by atoms with Gasteiger partial charge < -0.3 is 10.2 Å². The first-order valence-electron chi connectivity index (χ1n) is 6.60. The van der Waals surface area contributed by atoms with E-state index in [4.69, 9.17) is 5.11 Å². The van der Waals surface area contributed by atoms with Gasteiger partial charge in [-0.3, -0.25) is 0 Å². The molecular weight excluding hydrogens is 294 g/mol. The van der Waals surface area contributed by atoms with Crippen LogP contribution in [0.3, 0.4) is 0 Å². The lowest BCUT2D eigenvalue weighted by molar-refractivity contribution is -0.0645. The highest BCUT2D eigenvalue weighted by atomic mass is 32.2. The van der Waals surface area contributed by atoms with Crippen molar-refractivity contribution in [2.45, 2.75) is 44.2 Å². The largest absolute Gasteiger partial charge is 0.478 e. The lowest BCUT2D eigenvalue weighted by atomic mass is 9.65. The first-order valence-corrected chi connectivity index (χ1v) is 8.08. The summed E-state index contributed by atoms with van der Waals surface area (Å²) in [6, 6.07) is 3.62. The van der Waals surface area contributed by atoms with Crippen LogP contribution in [0, 0.1) is 12.3 Å². The molecule has 0 radical (unpaired) electrons. The Morgan fingerprint density at radius 2 is 2.00 bits per heavy atom. The zero-order chi connectivity index (χ0) is 16.0. The van der Waals surface area contributed by atoms with Crippen LogP contribution < -0.4 is 4.72 Å². The highest BCUT2D eigenvalue weighted by Gasteiger charge is 2.49. The van der Waals surface area contributed by atoms with E-state index in [2.05, 4.69) is 4.72 Å². The molecule has 21 heavy (non-hydrogen) atoms. The molecule has 6 nitrogen and oxygen atoms in total. The second-order valence-electron chi connectivity index (χ2n) is 6.03. The van der Waals surface area contributed by atoms with Gasteiger partial charge in [0.05, 0.1) is 16.6 Å². The first-order chi connectivity index (χ1) is 9.55. The monoisotopic (exact) mass is 313 g/mol. The summed E-state index contributed by atoms with van der Waals surface area (Å²) in [7, 11) is -3.83. The molecule has 0 spiro atoms. The minimum atomic E-state index is -3.83. The van der Waals surface area contributed by atoms with Crippen molar-refractivity contribution in [1.29, 1.82) is 0 Å². The van der Waals surface area contributed by atoms with Gasteiger partial charge >= 0.3 is 5.97 Å². The molecule has 2 atom stereocenters. The van der Waals surface area contributed by atoms with Crippen molar-refractivity contribution in [1.82, 2.24) is 4.72 Å². The van der Waals surface area contributed by atoms with Crippen LogP contribution in [0.1, 0.15) is 36.2 Å². The van der Waals surface area contributed by atoms with Crippen LogP contribution in [0.2, 0.25) is 0 Å². The number of aryl methyl sites for hydroxylation is 1. The van der Waals surface area contributed by atoms with Gasteiger partial charge in [0.25, 0.3) is 0 Å². The van der Waals surface area contributed by atoms with Crippen LogP contribution >= 0.6 is 0 Å². The zero-order valence-corrected chi connectivity index (χ0v) is 12.9. The molecule has 116 valence electrons. The number of sulfonamides is 1. The highest BCUT2D eigenvalue weighted by molar-refractivity contribution is 7.89. The SMILES string of the molecule is Cc1ccc(C(=O)O)cc1S(=O)(=O)NC1CC(O)C1(C)C. The predicted molar refractivity (Wildman–Crippen MR) is 76.7 cm³/mol. The summed E-state index contributed by atoms with van der Waals surface area (Å²) in [5.41, 5.74) is -0.134. The van der Waals surface area contributed by atoms with Crippen LogP contribution in [0.5, 0.6) is 0 Å². The van der Waals surface area contributed by atoms with Gasteiger partial charge in [-0.2, -0.15) is 0 Å². The van der Waals surface area contributed by atoms with Gasteiger partial charge in [0, 0.05) is 11.5 Å². The molecule has 2 rings (SSSR count). The number of carbonyl (C=O) groups is 1. The summed E-state index contributed by atoms with van der Waals surface area (Å²) in [5, 5.41) is 18.6. The van der Waals surface area contributed by atoms with Crippen LogP contribution in [-0.2, 0) is 10.0 Å². The molecule has 1 aromatic rings. The van der Waals surface area contributed by atoms with E-state index in [0.29, 0.717) is 12.0 Å². The van der Waals surface area contributed by atoms with Gasteiger partial charge in [-0.15, -0.1) is 0 Å². The molecule has 0 heterocycles. The van der Waals surface area contributed by atoms with Crippen molar-refractivity contribution in [3.8, 4) is 0 Å². The van der Waals surface area contributed by atoms with Crippen molar-refractivity contribution in [2.75, 3.05) is 0 Å². The molecule has 1 saturated carbocycles. The Morgan fingerprint density at radius 3 is 2.48 bits per heavy atom. The van der Waals surface area contributed by atoms with E-state index in [-0.39, 0.29) is 16.5 Å². The number of hydrogen-bond acceptors (Lipinski definition) is 4. The summed E-state index contributed by atoms with van der Waals surface area (Å²) in [4.78, 5) is 10.9. The predicted octanol–water partition coefficient (Wildman–Crippen LogP) is 1.13. The number of aliphatic hydroxyl groups excluding tert-OH is 1. The Hall–Kier alpha value is -1.44. The maximum Gasteiger partial charge on any atom is 0.335 e. The number of benzene rings is 1. The molecule has 0 aliphatic heterocycles. The third-order valence-corrected chi connectivity index (χ3v) is 5.85. The molecule has 7 heteroatoms. The maximum absolute atomic E-state index is 12.4. The van der Waals surface area contributed by atoms with Crippen molar-refractivity contribution < 1.29 is 23.4 Å². The molecule has 3 N–H and O–H groups in total. The minimum absolute atomic E-state index is 0.0420. The van der Waals surface area contributed by atoms with Gasteiger partial charge in [0.15, 0.2) is 0 Å². The molecule has 0 saturated heterocycles. The quantitative estimate of drug-likeness (QED) is 0.773. The van der Waals surface area contributed by atoms with Gasteiger partial charge in [-0.1, -0.05) is 19.9 Å². The number of carboxylic acid groups (broad SMARTS) is 1. The smallest absolute Gasteiger partial charge is 0.335 e. The number of carboxylic acids is 1. The van der Waals surface area contributed by atoms with Gasteiger partial charge in [-0.25, -0.2) is 17.9 Å². The van der Waals surface area contributed by atoms with Crippen LogP contribution in [0.4, 0.5) is 0 Å². The number of aromatic carboxylic acids is 1. The lowest BCUT2D eigenvalue weighted by Gasteiger charge is -2.49. The Labute approximate surface area is 123 Å². The van der Waals surface area contributed by atoms with Crippen molar-refractivity contribution in [3.63, 3.8) is 0 Å². The first kappa shape index (κ1) is 15.9. The summed E-state index contributed by atoms with van der Waals surface area (Å²) in [6.45, 7) is 5.19. The minimum Gasteiger partial charge on any atom is -0.478 e. The maximum atomic E-state index is 12.4. The number of rotatable bonds is 4. The number of nitrogens with one attached hydrogen (secondary N) is 1. The Balaban J connectivity index is 2.32. The van der Waals surface area contributed by atoms with E-state index in [1.54, 1.807) is 20.8 Å². The Kier molecular flexibility index (Phi) is 3.86. The second-order valence-corrected chi connectivity index (χ2v) is 7.71. The molecule has 1 aromatic carbocycles. The molecule has 0 aromatic heterocycles. The number of aliphatic hydroxyl groups is 1. The molecule has 1 aliphatic carbocycles. The standard InChI is InChI=1S/C14H19NO5S/c1-8-4-5-9(13(17)18)6-10(8)21(19,20)15-11-7-12(16)14(11,2)3/h4-6,11-12,15-16H,7H2,1-3H3,(H,17,18). The van der Waals surface area contributed by atoms with Crippen LogP contribution in [0.25, 0.3) is 0 Å². The van der Waals surface area contributed by atoms with Gasteiger partial charge in [0.1, 0.15) is 0 Å².